The van der Waals surface area contributed by atoms with E-state index in [9.17, 15) is 0 Å². The Morgan fingerprint density at radius 1 is 1.27 bits per heavy atom. The van der Waals surface area contributed by atoms with Crippen molar-refractivity contribution in [2.45, 2.75) is 32.7 Å². The van der Waals surface area contributed by atoms with E-state index in [0.29, 0.717) is 16.0 Å². The molecule has 0 aliphatic rings. The van der Waals surface area contributed by atoms with E-state index >= 15 is 0 Å². The third-order valence-corrected chi connectivity index (χ3v) is 2.95. The van der Waals surface area contributed by atoms with Gasteiger partial charge in [0.05, 0.1) is 15.7 Å². The van der Waals surface area contributed by atoms with Gasteiger partial charge in [0.1, 0.15) is 0 Å². The molecule has 1 aromatic rings. The zero-order chi connectivity index (χ0) is 11.6. The van der Waals surface area contributed by atoms with E-state index in [0.717, 1.165) is 5.69 Å². The molecule has 1 rings (SSSR count). The maximum absolute atomic E-state index is 6.11. The lowest BCUT2D eigenvalue weighted by Crippen LogP contribution is -2.29. The van der Waals surface area contributed by atoms with Gasteiger partial charge in [0.15, 0.2) is 0 Å². The molecule has 0 amide bonds. The molecule has 2 N–H and O–H groups in total. The van der Waals surface area contributed by atoms with Gasteiger partial charge < -0.3 is 5.73 Å². The first-order valence-electron chi connectivity index (χ1n) is 5.00. The van der Waals surface area contributed by atoms with Crippen LogP contribution in [0.1, 0.15) is 32.4 Å². The van der Waals surface area contributed by atoms with Gasteiger partial charge in [-0.2, -0.15) is 0 Å². The Kier molecular flexibility index (Phi) is 4.38. The van der Waals surface area contributed by atoms with Crippen LogP contribution in [0.5, 0.6) is 0 Å². The van der Waals surface area contributed by atoms with Crippen LogP contribution in [-0.4, -0.2) is 11.0 Å². The van der Waals surface area contributed by atoms with E-state index < -0.39 is 0 Å². The molecule has 0 saturated heterocycles. The second kappa shape index (κ2) is 5.15. The van der Waals surface area contributed by atoms with Crippen molar-refractivity contribution in [2.24, 2.45) is 11.7 Å². The molecule has 0 fully saturated rings. The van der Waals surface area contributed by atoms with E-state index in [1.54, 1.807) is 12.3 Å². The van der Waals surface area contributed by atoms with Crippen LogP contribution in [0.3, 0.4) is 0 Å². The van der Waals surface area contributed by atoms with Gasteiger partial charge in [-0.1, -0.05) is 37.0 Å². The summed E-state index contributed by atoms with van der Waals surface area (Å²) in [5.41, 5.74) is 6.78. The number of aromatic nitrogens is 1. The van der Waals surface area contributed by atoms with E-state index in [1.807, 2.05) is 6.92 Å². The molecule has 4 heteroatoms. The standard InChI is InChI=1S/C11H16Cl2N2/c1-6(2)10(7(3)14)11-9(13)4-8(12)5-15-11/h4-7,10H,14H2,1-3H3. The van der Waals surface area contributed by atoms with Crippen molar-refractivity contribution < 1.29 is 0 Å². The number of pyridine rings is 1. The van der Waals surface area contributed by atoms with Gasteiger partial charge in [-0.05, 0) is 18.9 Å². The van der Waals surface area contributed by atoms with Crippen molar-refractivity contribution >= 4 is 23.2 Å². The second-order valence-corrected chi connectivity index (χ2v) is 4.99. The van der Waals surface area contributed by atoms with E-state index in [-0.39, 0.29) is 12.0 Å². The van der Waals surface area contributed by atoms with E-state index in [4.69, 9.17) is 28.9 Å². The third-order valence-electron chi connectivity index (χ3n) is 2.44. The summed E-state index contributed by atoms with van der Waals surface area (Å²) in [6.45, 7) is 6.19. The molecule has 0 radical (unpaired) electrons. The summed E-state index contributed by atoms with van der Waals surface area (Å²) in [7, 11) is 0. The zero-order valence-corrected chi connectivity index (χ0v) is 10.7. The molecular formula is C11H16Cl2N2. The summed E-state index contributed by atoms with van der Waals surface area (Å²) in [6, 6.07) is 1.74. The molecule has 1 aromatic heterocycles. The van der Waals surface area contributed by atoms with E-state index in [1.165, 1.54) is 0 Å². The first-order valence-corrected chi connectivity index (χ1v) is 5.75. The lowest BCUT2D eigenvalue weighted by molar-refractivity contribution is 0.427. The Labute approximate surface area is 101 Å². The fourth-order valence-electron chi connectivity index (χ4n) is 1.84. The first kappa shape index (κ1) is 12.8. The molecule has 0 aliphatic heterocycles. The van der Waals surface area contributed by atoms with Crippen molar-refractivity contribution in [2.75, 3.05) is 0 Å². The number of hydrogen-bond acceptors (Lipinski definition) is 2. The summed E-state index contributed by atoms with van der Waals surface area (Å²) in [5.74, 6) is 0.561. The van der Waals surface area contributed by atoms with Gasteiger partial charge >= 0.3 is 0 Å². The number of hydrogen-bond donors (Lipinski definition) is 1. The molecule has 2 atom stereocenters. The van der Waals surface area contributed by atoms with Crippen LogP contribution < -0.4 is 5.73 Å². The van der Waals surface area contributed by atoms with Crippen LogP contribution >= 0.6 is 23.2 Å². The van der Waals surface area contributed by atoms with Crippen LogP contribution in [0.4, 0.5) is 0 Å². The normalized spacial score (nSPS) is 15.4. The quantitative estimate of drug-likeness (QED) is 0.888. The topological polar surface area (TPSA) is 38.9 Å². The zero-order valence-electron chi connectivity index (χ0n) is 9.17. The lowest BCUT2D eigenvalue weighted by atomic mass is 9.86. The Hall–Kier alpha value is -0.310. The first-order chi connectivity index (χ1) is 6.93. The summed E-state index contributed by atoms with van der Waals surface area (Å²) < 4.78 is 0. The van der Waals surface area contributed by atoms with Gasteiger partial charge in [0, 0.05) is 18.2 Å². The fourth-order valence-corrected chi connectivity index (χ4v) is 2.35. The number of rotatable bonds is 3. The highest BCUT2D eigenvalue weighted by Crippen LogP contribution is 2.31. The molecule has 0 aliphatic carbocycles. The highest BCUT2D eigenvalue weighted by molar-refractivity contribution is 6.34. The van der Waals surface area contributed by atoms with Crippen molar-refractivity contribution in [3.8, 4) is 0 Å². The minimum Gasteiger partial charge on any atom is -0.327 e. The molecule has 84 valence electrons. The maximum atomic E-state index is 6.11. The monoisotopic (exact) mass is 246 g/mol. The van der Waals surface area contributed by atoms with Crippen LogP contribution in [-0.2, 0) is 0 Å². The average molecular weight is 247 g/mol. The largest absolute Gasteiger partial charge is 0.327 e. The van der Waals surface area contributed by atoms with Crippen LogP contribution in [0.15, 0.2) is 12.3 Å². The molecule has 0 spiro atoms. The SMILES string of the molecule is CC(C)C(c1ncc(Cl)cc1Cl)C(C)N. The summed E-state index contributed by atoms with van der Waals surface area (Å²) in [4.78, 5) is 4.28. The fraction of sp³-hybridized carbons (Fsp3) is 0.545. The van der Waals surface area contributed by atoms with Crippen LogP contribution in [0.2, 0.25) is 10.0 Å². The number of nitrogens with two attached hydrogens (primary N) is 1. The van der Waals surface area contributed by atoms with Crippen LogP contribution in [0.25, 0.3) is 0 Å². The smallest absolute Gasteiger partial charge is 0.0639 e. The molecule has 2 unspecified atom stereocenters. The van der Waals surface area contributed by atoms with Crippen molar-refractivity contribution in [1.82, 2.24) is 4.98 Å². The van der Waals surface area contributed by atoms with E-state index in [2.05, 4.69) is 18.8 Å². The average Bonchev–Trinajstić information content (AvgIpc) is 2.08. The lowest BCUT2D eigenvalue weighted by Gasteiger charge is -2.24. The summed E-state index contributed by atoms with van der Waals surface area (Å²) in [6.07, 6.45) is 1.61. The van der Waals surface area contributed by atoms with Gasteiger partial charge in [-0.3, -0.25) is 4.98 Å². The molecule has 1 heterocycles. The molecule has 0 bridgehead atoms. The molecular weight excluding hydrogens is 231 g/mol. The third kappa shape index (κ3) is 3.07. The van der Waals surface area contributed by atoms with Crippen LogP contribution in [0, 0.1) is 5.92 Å². The molecule has 2 nitrogen and oxygen atoms in total. The summed E-state index contributed by atoms with van der Waals surface area (Å²) >= 11 is 11.9. The second-order valence-electron chi connectivity index (χ2n) is 4.15. The van der Waals surface area contributed by atoms with Gasteiger partial charge in [0.25, 0.3) is 0 Å². The Bertz CT molecular complexity index is 329. The van der Waals surface area contributed by atoms with Gasteiger partial charge in [-0.15, -0.1) is 0 Å². The van der Waals surface area contributed by atoms with Crippen molar-refractivity contribution in [1.29, 1.82) is 0 Å². The Morgan fingerprint density at radius 2 is 1.87 bits per heavy atom. The Morgan fingerprint density at radius 3 is 2.27 bits per heavy atom. The molecule has 0 aromatic carbocycles. The summed E-state index contributed by atoms with van der Waals surface area (Å²) in [5, 5.41) is 1.15. The highest BCUT2D eigenvalue weighted by Gasteiger charge is 2.23. The minimum absolute atomic E-state index is 0.0242. The predicted octanol–water partition coefficient (Wildman–Crippen LogP) is 3.48. The predicted molar refractivity (Wildman–Crippen MR) is 65.5 cm³/mol. The highest BCUT2D eigenvalue weighted by atomic mass is 35.5. The van der Waals surface area contributed by atoms with Crippen molar-refractivity contribution in [3.63, 3.8) is 0 Å². The number of nitrogens with zero attached hydrogens (tertiary/aromatic N) is 1. The minimum atomic E-state index is 0.0242. The number of halogens is 2. The molecule has 15 heavy (non-hydrogen) atoms. The van der Waals surface area contributed by atoms with Gasteiger partial charge in [0.2, 0.25) is 0 Å². The maximum Gasteiger partial charge on any atom is 0.0639 e. The van der Waals surface area contributed by atoms with Gasteiger partial charge in [-0.25, -0.2) is 0 Å². The Balaban J connectivity index is 3.12. The van der Waals surface area contributed by atoms with Crippen molar-refractivity contribution in [3.05, 3.63) is 28.0 Å². The molecule has 0 saturated carbocycles.